The highest BCUT2D eigenvalue weighted by Crippen LogP contribution is 2.17. The predicted molar refractivity (Wildman–Crippen MR) is 82.1 cm³/mol. The second-order valence-electron chi connectivity index (χ2n) is 4.48. The molecule has 0 atom stereocenters. The van der Waals surface area contributed by atoms with Crippen LogP contribution in [0.3, 0.4) is 0 Å². The molecule has 0 bridgehead atoms. The summed E-state index contributed by atoms with van der Waals surface area (Å²) in [7, 11) is -3.49. The number of hydrogen-bond acceptors (Lipinski definition) is 3. The maximum absolute atomic E-state index is 12.0. The fourth-order valence-electron chi connectivity index (χ4n) is 1.82. The summed E-state index contributed by atoms with van der Waals surface area (Å²) in [6.45, 7) is 0.141. The second kappa shape index (κ2) is 6.72. The Morgan fingerprint density at radius 3 is 2.62 bits per heavy atom. The van der Waals surface area contributed by atoms with Gasteiger partial charge < -0.3 is 0 Å². The summed E-state index contributed by atoms with van der Waals surface area (Å²) < 4.78 is 26.6. The molecule has 0 unspecified atom stereocenters. The zero-order valence-electron chi connectivity index (χ0n) is 11.1. The van der Waals surface area contributed by atoms with Crippen molar-refractivity contribution in [2.45, 2.75) is 12.3 Å². The summed E-state index contributed by atoms with van der Waals surface area (Å²) in [6.07, 6.45) is 0. The van der Waals surface area contributed by atoms with Crippen molar-refractivity contribution in [2.24, 2.45) is 0 Å². The van der Waals surface area contributed by atoms with E-state index in [1.54, 1.807) is 48.5 Å². The van der Waals surface area contributed by atoms with Crippen molar-refractivity contribution < 1.29 is 8.42 Å². The smallest absolute Gasteiger partial charge is 0.212 e. The van der Waals surface area contributed by atoms with Gasteiger partial charge in [-0.2, -0.15) is 5.26 Å². The van der Waals surface area contributed by atoms with Crippen LogP contribution in [0, 0.1) is 11.3 Å². The van der Waals surface area contributed by atoms with Crippen LogP contribution in [0.2, 0.25) is 5.02 Å². The van der Waals surface area contributed by atoms with Gasteiger partial charge in [0.25, 0.3) is 0 Å². The molecule has 2 aromatic carbocycles. The van der Waals surface area contributed by atoms with E-state index in [2.05, 4.69) is 4.72 Å². The molecule has 0 saturated carbocycles. The summed E-state index contributed by atoms with van der Waals surface area (Å²) in [6, 6.07) is 15.6. The SMILES string of the molecule is N#Cc1cccc(CNS(=O)(=O)Cc2ccccc2Cl)c1. The van der Waals surface area contributed by atoms with Gasteiger partial charge in [0.2, 0.25) is 10.0 Å². The summed E-state index contributed by atoms with van der Waals surface area (Å²) in [5, 5.41) is 9.24. The average molecular weight is 321 g/mol. The first-order valence-electron chi connectivity index (χ1n) is 6.20. The van der Waals surface area contributed by atoms with E-state index in [-0.39, 0.29) is 12.3 Å². The molecule has 0 aliphatic carbocycles. The Kier molecular flexibility index (Phi) is 4.97. The zero-order chi connectivity index (χ0) is 15.3. The largest absolute Gasteiger partial charge is 0.216 e. The van der Waals surface area contributed by atoms with Gasteiger partial charge in [0.1, 0.15) is 0 Å². The molecular formula is C15H13ClN2O2S. The number of nitriles is 1. The van der Waals surface area contributed by atoms with Crippen molar-refractivity contribution in [3.8, 4) is 6.07 Å². The van der Waals surface area contributed by atoms with Gasteiger partial charge in [-0.15, -0.1) is 0 Å². The third kappa shape index (κ3) is 4.57. The first-order valence-corrected chi connectivity index (χ1v) is 8.23. The van der Waals surface area contributed by atoms with E-state index >= 15 is 0 Å². The van der Waals surface area contributed by atoms with Crippen molar-refractivity contribution >= 4 is 21.6 Å². The Balaban J connectivity index is 2.05. The Morgan fingerprint density at radius 1 is 1.14 bits per heavy atom. The zero-order valence-corrected chi connectivity index (χ0v) is 12.7. The maximum atomic E-state index is 12.0. The van der Waals surface area contributed by atoms with Crippen LogP contribution in [0.4, 0.5) is 0 Å². The molecule has 1 N–H and O–H groups in total. The van der Waals surface area contributed by atoms with E-state index in [9.17, 15) is 8.42 Å². The molecule has 0 amide bonds. The van der Waals surface area contributed by atoms with E-state index in [1.807, 2.05) is 6.07 Å². The van der Waals surface area contributed by atoms with Crippen molar-refractivity contribution in [3.05, 3.63) is 70.2 Å². The molecule has 0 radical (unpaired) electrons. The lowest BCUT2D eigenvalue weighted by molar-refractivity contribution is 0.580. The predicted octanol–water partition coefficient (Wildman–Crippen LogP) is 2.83. The quantitative estimate of drug-likeness (QED) is 0.921. The van der Waals surface area contributed by atoms with Crippen molar-refractivity contribution in [1.82, 2.24) is 4.72 Å². The molecule has 2 rings (SSSR count). The molecule has 0 saturated heterocycles. The van der Waals surface area contributed by atoms with Gasteiger partial charge in [0, 0.05) is 11.6 Å². The van der Waals surface area contributed by atoms with E-state index in [1.165, 1.54) is 0 Å². The highest BCUT2D eigenvalue weighted by Gasteiger charge is 2.13. The van der Waals surface area contributed by atoms with Crippen molar-refractivity contribution in [2.75, 3.05) is 0 Å². The molecule has 6 heteroatoms. The molecule has 0 spiro atoms. The van der Waals surface area contributed by atoms with Crippen LogP contribution in [-0.4, -0.2) is 8.42 Å². The molecule has 108 valence electrons. The Labute approximate surface area is 129 Å². The van der Waals surface area contributed by atoms with Crippen LogP contribution in [0.5, 0.6) is 0 Å². The van der Waals surface area contributed by atoms with Crippen LogP contribution < -0.4 is 4.72 Å². The molecule has 4 nitrogen and oxygen atoms in total. The van der Waals surface area contributed by atoms with Gasteiger partial charge in [0.05, 0.1) is 17.4 Å². The molecule has 2 aromatic rings. The van der Waals surface area contributed by atoms with E-state index < -0.39 is 10.0 Å². The fraction of sp³-hybridized carbons (Fsp3) is 0.133. The van der Waals surface area contributed by atoms with E-state index in [0.717, 1.165) is 5.56 Å². The standard InChI is InChI=1S/C15H13ClN2O2S/c16-15-7-2-1-6-14(15)11-21(19,20)18-10-13-5-3-4-12(8-13)9-17/h1-8,18H,10-11H2. The number of benzene rings is 2. The second-order valence-corrected chi connectivity index (χ2v) is 6.70. The normalized spacial score (nSPS) is 11.0. The van der Waals surface area contributed by atoms with E-state index in [0.29, 0.717) is 16.1 Å². The first-order chi connectivity index (χ1) is 10.00. The average Bonchev–Trinajstić information content (AvgIpc) is 2.48. The van der Waals surface area contributed by atoms with Gasteiger partial charge in [-0.1, -0.05) is 41.9 Å². The lowest BCUT2D eigenvalue weighted by atomic mass is 10.1. The molecule has 0 aromatic heterocycles. The minimum absolute atomic E-state index is 0.141. The van der Waals surface area contributed by atoms with Crippen LogP contribution in [0.1, 0.15) is 16.7 Å². The summed E-state index contributed by atoms with van der Waals surface area (Å²) >= 11 is 5.96. The van der Waals surface area contributed by atoms with Crippen molar-refractivity contribution in [3.63, 3.8) is 0 Å². The Morgan fingerprint density at radius 2 is 1.90 bits per heavy atom. The molecule has 0 heterocycles. The number of rotatable bonds is 5. The highest BCUT2D eigenvalue weighted by molar-refractivity contribution is 7.88. The first kappa shape index (κ1) is 15.5. The Hall–Kier alpha value is -1.87. The number of halogens is 1. The highest BCUT2D eigenvalue weighted by atomic mass is 35.5. The van der Waals surface area contributed by atoms with Crippen LogP contribution in [0.15, 0.2) is 48.5 Å². The van der Waals surface area contributed by atoms with Crippen LogP contribution in [-0.2, 0) is 22.3 Å². The van der Waals surface area contributed by atoms with Gasteiger partial charge in [-0.3, -0.25) is 0 Å². The minimum Gasteiger partial charge on any atom is -0.212 e. The maximum Gasteiger partial charge on any atom is 0.216 e. The molecule has 21 heavy (non-hydrogen) atoms. The van der Waals surface area contributed by atoms with E-state index in [4.69, 9.17) is 16.9 Å². The third-order valence-electron chi connectivity index (χ3n) is 2.86. The number of nitrogens with zero attached hydrogens (tertiary/aromatic N) is 1. The van der Waals surface area contributed by atoms with Gasteiger partial charge in [0.15, 0.2) is 0 Å². The summed E-state index contributed by atoms with van der Waals surface area (Å²) in [5.74, 6) is -0.176. The lowest BCUT2D eigenvalue weighted by Crippen LogP contribution is -2.24. The summed E-state index contributed by atoms with van der Waals surface area (Å²) in [5.41, 5.74) is 1.78. The van der Waals surface area contributed by atoms with Crippen LogP contribution >= 0.6 is 11.6 Å². The fourth-order valence-corrected chi connectivity index (χ4v) is 3.25. The van der Waals surface area contributed by atoms with Crippen LogP contribution in [0.25, 0.3) is 0 Å². The molecule has 0 aliphatic rings. The monoisotopic (exact) mass is 320 g/mol. The third-order valence-corrected chi connectivity index (χ3v) is 4.50. The molecule has 0 aliphatic heterocycles. The Bertz CT molecular complexity index is 782. The van der Waals surface area contributed by atoms with Gasteiger partial charge >= 0.3 is 0 Å². The van der Waals surface area contributed by atoms with Crippen molar-refractivity contribution in [1.29, 1.82) is 5.26 Å². The van der Waals surface area contributed by atoms with Gasteiger partial charge in [-0.05, 0) is 29.3 Å². The molecule has 0 fully saturated rings. The summed E-state index contributed by atoms with van der Waals surface area (Å²) in [4.78, 5) is 0. The number of sulfonamides is 1. The molecular weight excluding hydrogens is 308 g/mol. The lowest BCUT2D eigenvalue weighted by Gasteiger charge is -2.08. The number of hydrogen-bond donors (Lipinski definition) is 1. The minimum atomic E-state index is -3.49. The number of nitrogens with one attached hydrogen (secondary N) is 1. The van der Waals surface area contributed by atoms with Gasteiger partial charge in [-0.25, -0.2) is 13.1 Å². The topological polar surface area (TPSA) is 70.0 Å².